The first-order chi connectivity index (χ1) is 7.67. The predicted molar refractivity (Wildman–Crippen MR) is 69.1 cm³/mol. The van der Waals surface area contributed by atoms with Gasteiger partial charge in [0.15, 0.2) is 0 Å². The fraction of sp³-hybridized carbons (Fsp3) is 0.750. The van der Waals surface area contributed by atoms with Gasteiger partial charge in [0, 0.05) is 19.0 Å². The van der Waals surface area contributed by atoms with E-state index in [1.54, 1.807) is 0 Å². The molecule has 92 valence electrons. The van der Waals surface area contributed by atoms with Crippen LogP contribution < -0.4 is 5.32 Å². The van der Waals surface area contributed by atoms with Crippen molar-refractivity contribution < 1.29 is 0 Å². The van der Waals surface area contributed by atoms with Crippen molar-refractivity contribution in [2.75, 3.05) is 7.05 Å². The number of likely N-dealkylation sites (N-methyl/N-ethyl adjacent to an activating group) is 1. The molecule has 0 amide bonds. The first-order valence-electron chi connectivity index (χ1n) is 6.09. The fourth-order valence-corrected chi connectivity index (χ4v) is 2.24. The fourth-order valence-electron chi connectivity index (χ4n) is 1.90. The molecule has 0 aromatic carbocycles. The first-order valence-corrected chi connectivity index (χ1v) is 6.46. The molecule has 0 spiro atoms. The van der Waals surface area contributed by atoms with Gasteiger partial charge in [-0.15, -0.1) is 0 Å². The normalized spacial score (nSPS) is 13.1. The number of halogens is 1. The van der Waals surface area contributed by atoms with Crippen LogP contribution in [-0.4, -0.2) is 22.9 Å². The minimum absolute atomic E-state index is 0.476. The van der Waals surface area contributed by atoms with E-state index < -0.39 is 0 Å². The molecule has 16 heavy (non-hydrogen) atoms. The Morgan fingerprint density at radius 3 is 2.50 bits per heavy atom. The predicted octanol–water partition coefficient (Wildman–Crippen LogP) is 2.66. The van der Waals surface area contributed by atoms with E-state index in [2.05, 4.69) is 31.2 Å². The second-order valence-corrected chi connectivity index (χ2v) is 4.35. The number of nitrogens with zero attached hydrogens (tertiary/aromatic N) is 2. The van der Waals surface area contributed by atoms with Crippen molar-refractivity contribution in [1.29, 1.82) is 0 Å². The topological polar surface area (TPSA) is 29.9 Å². The summed E-state index contributed by atoms with van der Waals surface area (Å²) >= 11 is 6.36. The summed E-state index contributed by atoms with van der Waals surface area (Å²) in [5.74, 6) is 0. The molecule has 1 atom stereocenters. The van der Waals surface area contributed by atoms with Gasteiger partial charge in [-0.25, -0.2) is 0 Å². The minimum atomic E-state index is 0.476. The Morgan fingerprint density at radius 2 is 2.06 bits per heavy atom. The zero-order chi connectivity index (χ0) is 12.1. The van der Waals surface area contributed by atoms with Crippen LogP contribution in [0.1, 0.15) is 38.6 Å². The van der Waals surface area contributed by atoms with E-state index in [-0.39, 0.29) is 0 Å². The Kier molecular flexibility index (Phi) is 5.29. The summed E-state index contributed by atoms with van der Waals surface area (Å²) in [4.78, 5) is 0. The van der Waals surface area contributed by atoms with Crippen LogP contribution in [0.3, 0.4) is 0 Å². The molecule has 0 aliphatic carbocycles. The molecule has 1 rings (SSSR count). The monoisotopic (exact) mass is 243 g/mol. The molecule has 0 radical (unpaired) electrons. The highest BCUT2D eigenvalue weighted by molar-refractivity contribution is 6.31. The van der Waals surface area contributed by atoms with Crippen molar-refractivity contribution in [3.05, 3.63) is 16.4 Å². The minimum Gasteiger partial charge on any atom is -0.317 e. The molecule has 0 fully saturated rings. The van der Waals surface area contributed by atoms with Crippen molar-refractivity contribution in [2.24, 2.45) is 0 Å². The average molecular weight is 244 g/mol. The van der Waals surface area contributed by atoms with Gasteiger partial charge in [0.05, 0.1) is 16.4 Å². The zero-order valence-corrected chi connectivity index (χ0v) is 11.4. The van der Waals surface area contributed by atoms with E-state index >= 15 is 0 Å². The third kappa shape index (κ3) is 2.77. The van der Waals surface area contributed by atoms with Gasteiger partial charge in [-0.05, 0) is 26.8 Å². The molecule has 1 unspecified atom stereocenters. The molecular formula is C12H22ClN3. The van der Waals surface area contributed by atoms with Crippen molar-refractivity contribution in [2.45, 2.75) is 52.6 Å². The smallest absolute Gasteiger partial charge is 0.0850 e. The number of rotatable bonds is 6. The van der Waals surface area contributed by atoms with Crippen LogP contribution in [0.5, 0.6) is 0 Å². The van der Waals surface area contributed by atoms with Gasteiger partial charge in [-0.3, -0.25) is 4.68 Å². The third-order valence-electron chi connectivity index (χ3n) is 3.03. The van der Waals surface area contributed by atoms with Crippen molar-refractivity contribution in [3.8, 4) is 0 Å². The van der Waals surface area contributed by atoms with E-state index in [1.807, 2.05) is 11.7 Å². The van der Waals surface area contributed by atoms with Gasteiger partial charge in [0.2, 0.25) is 0 Å². The van der Waals surface area contributed by atoms with Gasteiger partial charge in [-0.2, -0.15) is 5.10 Å². The summed E-state index contributed by atoms with van der Waals surface area (Å²) in [7, 11) is 2.00. The highest BCUT2D eigenvalue weighted by Gasteiger charge is 2.16. The SMILES string of the molecule is CCc1nn(CC)c(CC(CC)NC)c1Cl. The molecule has 1 aromatic heterocycles. The van der Waals surface area contributed by atoms with Gasteiger partial charge in [0.1, 0.15) is 0 Å². The maximum atomic E-state index is 6.36. The second kappa shape index (κ2) is 6.26. The van der Waals surface area contributed by atoms with Crippen LogP contribution in [0.25, 0.3) is 0 Å². The molecule has 0 bridgehead atoms. The Balaban J connectivity index is 2.96. The van der Waals surface area contributed by atoms with Crippen LogP contribution in [0, 0.1) is 0 Å². The molecule has 0 saturated heterocycles. The molecule has 0 saturated carbocycles. The maximum Gasteiger partial charge on any atom is 0.0850 e. The Hall–Kier alpha value is -0.540. The summed E-state index contributed by atoms with van der Waals surface area (Å²) in [6, 6.07) is 0.476. The van der Waals surface area contributed by atoms with E-state index in [0.29, 0.717) is 6.04 Å². The number of nitrogens with one attached hydrogen (secondary N) is 1. The van der Waals surface area contributed by atoms with Gasteiger partial charge in [-0.1, -0.05) is 25.4 Å². The Bertz CT molecular complexity index is 329. The quantitative estimate of drug-likeness (QED) is 0.833. The average Bonchev–Trinajstić information content (AvgIpc) is 2.62. The highest BCUT2D eigenvalue weighted by atomic mass is 35.5. The van der Waals surface area contributed by atoms with E-state index in [0.717, 1.165) is 36.5 Å². The van der Waals surface area contributed by atoms with E-state index in [1.165, 1.54) is 5.69 Å². The summed E-state index contributed by atoms with van der Waals surface area (Å²) < 4.78 is 2.03. The van der Waals surface area contributed by atoms with Crippen molar-refractivity contribution in [1.82, 2.24) is 15.1 Å². The lowest BCUT2D eigenvalue weighted by molar-refractivity contribution is 0.510. The maximum absolute atomic E-state index is 6.36. The lowest BCUT2D eigenvalue weighted by Crippen LogP contribution is -2.27. The highest BCUT2D eigenvalue weighted by Crippen LogP contribution is 2.23. The van der Waals surface area contributed by atoms with Crippen LogP contribution in [-0.2, 0) is 19.4 Å². The van der Waals surface area contributed by atoms with Crippen LogP contribution in [0.2, 0.25) is 5.02 Å². The largest absolute Gasteiger partial charge is 0.317 e. The molecule has 1 aromatic rings. The zero-order valence-electron chi connectivity index (χ0n) is 10.7. The molecule has 1 N–H and O–H groups in total. The van der Waals surface area contributed by atoms with E-state index in [9.17, 15) is 0 Å². The number of hydrogen-bond donors (Lipinski definition) is 1. The molecule has 0 aliphatic heterocycles. The Labute approximate surface area is 103 Å². The van der Waals surface area contributed by atoms with Gasteiger partial charge >= 0.3 is 0 Å². The number of hydrogen-bond acceptors (Lipinski definition) is 2. The lowest BCUT2D eigenvalue weighted by Gasteiger charge is -2.14. The molecule has 3 nitrogen and oxygen atoms in total. The molecular weight excluding hydrogens is 222 g/mol. The van der Waals surface area contributed by atoms with Gasteiger partial charge in [0.25, 0.3) is 0 Å². The summed E-state index contributed by atoms with van der Waals surface area (Å²) in [5, 5.41) is 8.69. The van der Waals surface area contributed by atoms with Crippen LogP contribution in [0.15, 0.2) is 0 Å². The molecule has 0 aliphatic rings. The third-order valence-corrected chi connectivity index (χ3v) is 3.47. The van der Waals surface area contributed by atoms with E-state index in [4.69, 9.17) is 11.6 Å². The van der Waals surface area contributed by atoms with Crippen LogP contribution in [0.4, 0.5) is 0 Å². The summed E-state index contributed by atoms with van der Waals surface area (Å²) in [6.07, 6.45) is 2.95. The standard InChI is InChI=1S/C12H22ClN3/c1-5-9(14-4)8-11-12(13)10(6-2)15-16(11)7-3/h9,14H,5-8H2,1-4H3. The van der Waals surface area contributed by atoms with Crippen molar-refractivity contribution >= 4 is 11.6 Å². The summed E-state index contributed by atoms with van der Waals surface area (Å²) in [6.45, 7) is 7.26. The molecule has 4 heteroatoms. The second-order valence-electron chi connectivity index (χ2n) is 3.97. The lowest BCUT2D eigenvalue weighted by atomic mass is 10.1. The Morgan fingerprint density at radius 1 is 1.38 bits per heavy atom. The van der Waals surface area contributed by atoms with Gasteiger partial charge < -0.3 is 5.32 Å². The van der Waals surface area contributed by atoms with Crippen LogP contribution >= 0.6 is 11.6 Å². The number of aryl methyl sites for hydroxylation is 2. The first kappa shape index (κ1) is 13.5. The summed E-state index contributed by atoms with van der Waals surface area (Å²) in [5.41, 5.74) is 2.19. The number of aromatic nitrogens is 2. The van der Waals surface area contributed by atoms with Crippen molar-refractivity contribution in [3.63, 3.8) is 0 Å². The molecule has 1 heterocycles.